The fraction of sp³-hybridized carbons (Fsp3) is 0.300. The molecule has 1 amide bonds. The van der Waals surface area contributed by atoms with Gasteiger partial charge in [-0.2, -0.15) is 9.40 Å². The number of hydrogen-bond acceptors (Lipinski definition) is 5. The molecule has 3 aromatic rings. The van der Waals surface area contributed by atoms with Gasteiger partial charge in [0.05, 0.1) is 5.92 Å². The zero-order valence-electron chi connectivity index (χ0n) is 16.3. The summed E-state index contributed by atoms with van der Waals surface area (Å²) in [4.78, 5) is 12.6. The van der Waals surface area contributed by atoms with E-state index in [1.807, 2.05) is 0 Å². The molecule has 3 heterocycles. The zero-order valence-corrected chi connectivity index (χ0v) is 17.2. The highest BCUT2D eigenvalue weighted by Crippen LogP contribution is 2.28. The van der Waals surface area contributed by atoms with Gasteiger partial charge < -0.3 is 9.73 Å². The third kappa shape index (κ3) is 4.67. The number of aromatic amines is 1. The number of amides is 1. The van der Waals surface area contributed by atoms with Crippen LogP contribution in [0.4, 0.5) is 8.78 Å². The molecule has 1 fully saturated rings. The lowest BCUT2D eigenvalue weighted by Crippen LogP contribution is -2.45. The highest BCUT2D eigenvalue weighted by molar-refractivity contribution is 7.89. The zero-order chi connectivity index (χ0) is 22.0. The summed E-state index contributed by atoms with van der Waals surface area (Å²) in [6.07, 6.45) is 2.53. The fourth-order valence-electron chi connectivity index (χ4n) is 3.55. The Hall–Kier alpha value is -3.05. The van der Waals surface area contributed by atoms with Crippen LogP contribution in [0.1, 0.15) is 18.4 Å². The molecule has 0 aliphatic carbocycles. The second-order valence-corrected chi connectivity index (χ2v) is 9.16. The van der Waals surface area contributed by atoms with Gasteiger partial charge in [0.2, 0.25) is 11.0 Å². The van der Waals surface area contributed by atoms with Crippen LogP contribution in [-0.4, -0.2) is 41.9 Å². The number of nitrogens with zero attached hydrogens (tertiary/aromatic N) is 2. The van der Waals surface area contributed by atoms with E-state index in [-0.39, 0.29) is 36.2 Å². The number of furan rings is 1. The fourth-order valence-corrected chi connectivity index (χ4v) is 4.98. The molecule has 0 spiro atoms. The molecule has 31 heavy (non-hydrogen) atoms. The van der Waals surface area contributed by atoms with Crippen molar-refractivity contribution in [3.63, 3.8) is 0 Å². The van der Waals surface area contributed by atoms with E-state index in [1.54, 1.807) is 6.07 Å². The topological polar surface area (TPSA) is 108 Å². The molecule has 1 atom stereocenters. The molecule has 2 N–H and O–H groups in total. The molecule has 1 aromatic carbocycles. The van der Waals surface area contributed by atoms with Gasteiger partial charge in [-0.3, -0.25) is 9.89 Å². The molecule has 4 rings (SSSR count). The van der Waals surface area contributed by atoms with Gasteiger partial charge in [-0.05, 0) is 48.7 Å². The average Bonchev–Trinajstić information content (AvgIpc) is 3.43. The molecule has 0 radical (unpaired) electrons. The van der Waals surface area contributed by atoms with E-state index < -0.39 is 27.6 Å². The molecule has 164 valence electrons. The Morgan fingerprint density at radius 1 is 1.23 bits per heavy atom. The number of rotatable bonds is 6. The van der Waals surface area contributed by atoms with Crippen LogP contribution in [0.5, 0.6) is 0 Å². The number of nitrogens with one attached hydrogen (secondary N) is 2. The summed E-state index contributed by atoms with van der Waals surface area (Å²) in [5.41, 5.74) is 0.833. The summed E-state index contributed by atoms with van der Waals surface area (Å²) in [5, 5.41) is 8.92. The monoisotopic (exact) mass is 450 g/mol. The van der Waals surface area contributed by atoms with Gasteiger partial charge in [0, 0.05) is 31.9 Å². The van der Waals surface area contributed by atoms with Crippen molar-refractivity contribution in [2.75, 3.05) is 13.1 Å². The number of sulfonamides is 1. The van der Waals surface area contributed by atoms with Crippen molar-refractivity contribution in [2.45, 2.75) is 24.5 Å². The highest BCUT2D eigenvalue weighted by atomic mass is 32.2. The Kier molecular flexibility index (Phi) is 5.88. The van der Waals surface area contributed by atoms with Gasteiger partial charge in [-0.1, -0.05) is 0 Å². The normalized spacial score (nSPS) is 17.5. The van der Waals surface area contributed by atoms with Gasteiger partial charge in [0.25, 0.3) is 10.0 Å². The van der Waals surface area contributed by atoms with E-state index in [1.165, 1.54) is 22.6 Å². The first kappa shape index (κ1) is 21.2. The number of piperidine rings is 1. The van der Waals surface area contributed by atoms with Crippen molar-refractivity contribution in [1.29, 1.82) is 0 Å². The molecule has 8 nitrogen and oxygen atoms in total. The molecule has 1 aliphatic rings. The highest BCUT2D eigenvalue weighted by Gasteiger charge is 2.35. The summed E-state index contributed by atoms with van der Waals surface area (Å²) in [6, 6.07) is 7.58. The smallest absolute Gasteiger partial charge is 0.276 e. The number of carbonyl (C=O) groups excluding carboxylic acids is 1. The van der Waals surface area contributed by atoms with Crippen molar-refractivity contribution < 1.29 is 26.4 Å². The Morgan fingerprint density at radius 2 is 2.00 bits per heavy atom. The minimum absolute atomic E-state index is 0.00817. The lowest BCUT2D eigenvalue weighted by Gasteiger charge is -2.30. The van der Waals surface area contributed by atoms with Crippen LogP contribution in [0.15, 0.2) is 52.1 Å². The standard InChI is InChI=1S/C20H20F2N4O4S/c21-15-8-13(9-16(22)10-15)11-23-20(27)14-2-1-7-26(12-14)31(28,29)19-4-3-18(30-19)17-5-6-24-25-17/h3-6,8-10,14H,1-2,7,11-12H2,(H,23,27)(H,24,25)/t14-/m1/s1. The summed E-state index contributed by atoms with van der Waals surface area (Å²) < 4.78 is 59.3. The molecule has 11 heteroatoms. The Balaban J connectivity index is 1.42. The molecule has 2 aromatic heterocycles. The van der Waals surface area contributed by atoms with E-state index in [0.29, 0.717) is 24.3 Å². The van der Waals surface area contributed by atoms with Gasteiger partial charge in [0.15, 0.2) is 5.76 Å². The Labute approximate surface area is 177 Å². The summed E-state index contributed by atoms with van der Waals surface area (Å²) in [5.74, 6) is -2.07. The van der Waals surface area contributed by atoms with Crippen LogP contribution in [0.2, 0.25) is 0 Å². The number of benzene rings is 1. The van der Waals surface area contributed by atoms with Crippen LogP contribution >= 0.6 is 0 Å². The van der Waals surface area contributed by atoms with Crippen molar-refractivity contribution in [2.24, 2.45) is 5.92 Å². The van der Waals surface area contributed by atoms with Gasteiger partial charge >= 0.3 is 0 Å². The molecular weight excluding hydrogens is 430 g/mol. The predicted octanol–water partition coefficient (Wildman–Crippen LogP) is 2.67. The van der Waals surface area contributed by atoms with Gasteiger partial charge in [0.1, 0.15) is 17.3 Å². The number of H-pyrrole nitrogens is 1. The number of hydrogen-bond donors (Lipinski definition) is 2. The Morgan fingerprint density at radius 3 is 2.71 bits per heavy atom. The van der Waals surface area contributed by atoms with Gasteiger partial charge in [-0.15, -0.1) is 0 Å². The lowest BCUT2D eigenvalue weighted by molar-refractivity contribution is -0.126. The van der Waals surface area contributed by atoms with Crippen molar-refractivity contribution >= 4 is 15.9 Å². The third-order valence-electron chi connectivity index (χ3n) is 5.09. The second-order valence-electron chi connectivity index (χ2n) is 7.29. The lowest BCUT2D eigenvalue weighted by atomic mass is 9.99. The minimum Gasteiger partial charge on any atom is -0.442 e. The maximum absolute atomic E-state index is 13.3. The van der Waals surface area contributed by atoms with Crippen molar-refractivity contribution in [3.8, 4) is 11.5 Å². The van der Waals surface area contributed by atoms with E-state index in [2.05, 4.69) is 15.5 Å². The van der Waals surface area contributed by atoms with Crippen LogP contribution < -0.4 is 5.32 Å². The molecule has 1 saturated heterocycles. The summed E-state index contributed by atoms with van der Waals surface area (Å²) in [6.45, 7) is 0.204. The molecular formula is C20H20F2N4O4S. The van der Waals surface area contributed by atoms with Crippen molar-refractivity contribution in [1.82, 2.24) is 19.8 Å². The molecule has 1 aliphatic heterocycles. The van der Waals surface area contributed by atoms with E-state index >= 15 is 0 Å². The first-order valence-electron chi connectivity index (χ1n) is 9.65. The van der Waals surface area contributed by atoms with Crippen LogP contribution in [-0.2, 0) is 21.4 Å². The van der Waals surface area contributed by atoms with Crippen LogP contribution in [0, 0.1) is 17.6 Å². The first-order chi connectivity index (χ1) is 14.8. The quantitative estimate of drug-likeness (QED) is 0.600. The predicted molar refractivity (Wildman–Crippen MR) is 106 cm³/mol. The number of halogens is 2. The molecule has 0 unspecified atom stereocenters. The molecule has 0 bridgehead atoms. The van der Waals surface area contributed by atoms with E-state index in [4.69, 9.17) is 4.42 Å². The minimum atomic E-state index is -3.92. The SMILES string of the molecule is O=C(NCc1cc(F)cc(F)c1)[C@@H]1CCCN(S(=O)(=O)c2ccc(-c3ccn[nH]3)o2)C1. The van der Waals surface area contributed by atoms with E-state index in [0.717, 1.165) is 18.2 Å². The Bertz CT molecular complexity index is 1160. The van der Waals surface area contributed by atoms with E-state index in [9.17, 15) is 22.0 Å². The molecule has 0 saturated carbocycles. The first-order valence-corrected chi connectivity index (χ1v) is 11.1. The number of carbonyl (C=O) groups is 1. The summed E-state index contributed by atoms with van der Waals surface area (Å²) in [7, 11) is -3.92. The van der Waals surface area contributed by atoms with Crippen LogP contribution in [0.3, 0.4) is 0 Å². The van der Waals surface area contributed by atoms with Gasteiger partial charge in [-0.25, -0.2) is 17.2 Å². The largest absolute Gasteiger partial charge is 0.442 e. The average molecular weight is 450 g/mol. The summed E-state index contributed by atoms with van der Waals surface area (Å²) >= 11 is 0. The van der Waals surface area contributed by atoms with Crippen molar-refractivity contribution in [3.05, 3.63) is 59.8 Å². The maximum atomic E-state index is 13.3. The third-order valence-corrected chi connectivity index (χ3v) is 6.83. The number of aromatic nitrogens is 2. The maximum Gasteiger partial charge on any atom is 0.276 e. The van der Waals surface area contributed by atoms with Crippen LogP contribution in [0.25, 0.3) is 11.5 Å². The second kappa shape index (κ2) is 8.60.